The fourth-order valence-electron chi connectivity index (χ4n) is 2.44. The first-order chi connectivity index (χ1) is 9.10. The van der Waals surface area contributed by atoms with Crippen LogP contribution < -0.4 is 4.90 Å². The number of nitrogens with zero attached hydrogens (tertiary/aromatic N) is 1. The standard InChI is InChI=1S/C16H25NO2/c1-4-6-7-11-17(12-15(18)19)16-13(3)9-8-10-14(16)5-2/h8-10H,4-7,11-12H2,1-3H3,(H,18,19). The van der Waals surface area contributed by atoms with Crippen molar-refractivity contribution in [3.05, 3.63) is 29.3 Å². The summed E-state index contributed by atoms with van der Waals surface area (Å²) in [7, 11) is 0. The summed E-state index contributed by atoms with van der Waals surface area (Å²) in [4.78, 5) is 13.1. The van der Waals surface area contributed by atoms with E-state index in [0.717, 1.165) is 43.5 Å². The van der Waals surface area contributed by atoms with Crippen molar-refractivity contribution in [3.8, 4) is 0 Å². The molecular weight excluding hydrogens is 238 g/mol. The summed E-state index contributed by atoms with van der Waals surface area (Å²) in [6.07, 6.45) is 4.26. The molecule has 3 heteroatoms. The number of anilines is 1. The maximum absolute atomic E-state index is 11.1. The van der Waals surface area contributed by atoms with Gasteiger partial charge < -0.3 is 10.0 Å². The van der Waals surface area contributed by atoms with Crippen LogP contribution >= 0.6 is 0 Å². The lowest BCUT2D eigenvalue weighted by Gasteiger charge is -2.27. The molecular formula is C16H25NO2. The summed E-state index contributed by atoms with van der Waals surface area (Å²) in [6.45, 7) is 7.23. The van der Waals surface area contributed by atoms with Crippen LogP contribution in [0.4, 0.5) is 5.69 Å². The van der Waals surface area contributed by atoms with Crippen molar-refractivity contribution in [2.75, 3.05) is 18.0 Å². The first kappa shape index (κ1) is 15.5. The van der Waals surface area contributed by atoms with E-state index in [1.807, 2.05) is 11.0 Å². The predicted molar refractivity (Wildman–Crippen MR) is 79.9 cm³/mol. The number of rotatable bonds is 8. The van der Waals surface area contributed by atoms with Gasteiger partial charge in [0.25, 0.3) is 0 Å². The van der Waals surface area contributed by atoms with Gasteiger partial charge in [-0.2, -0.15) is 0 Å². The van der Waals surface area contributed by atoms with Gasteiger partial charge in [-0.3, -0.25) is 4.79 Å². The molecule has 0 heterocycles. The third-order valence-corrected chi connectivity index (χ3v) is 3.38. The number of hydrogen-bond donors (Lipinski definition) is 1. The largest absolute Gasteiger partial charge is 0.480 e. The Hall–Kier alpha value is -1.51. The summed E-state index contributed by atoms with van der Waals surface area (Å²) in [5.74, 6) is -0.762. The highest BCUT2D eigenvalue weighted by Crippen LogP contribution is 2.26. The minimum Gasteiger partial charge on any atom is -0.480 e. The first-order valence-electron chi connectivity index (χ1n) is 7.15. The molecule has 0 aliphatic carbocycles. The Bertz CT molecular complexity index is 415. The minimum absolute atomic E-state index is 0.0849. The molecule has 0 bridgehead atoms. The zero-order valence-corrected chi connectivity index (χ0v) is 12.3. The molecule has 0 aromatic heterocycles. The van der Waals surface area contributed by atoms with Crippen LogP contribution in [0, 0.1) is 6.92 Å². The van der Waals surface area contributed by atoms with E-state index < -0.39 is 5.97 Å². The number of unbranched alkanes of at least 4 members (excludes halogenated alkanes) is 2. The van der Waals surface area contributed by atoms with Crippen molar-refractivity contribution in [2.24, 2.45) is 0 Å². The van der Waals surface area contributed by atoms with Gasteiger partial charge in [0, 0.05) is 12.2 Å². The van der Waals surface area contributed by atoms with E-state index in [9.17, 15) is 4.79 Å². The second-order valence-corrected chi connectivity index (χ2v) is 4.96. The van der Waals surface area contributed by atoms with Gasteiger partial charge >= 0.3 is 5.97 Å². The lowest BCUT2D eigenvalue weighted by molar-refractivity contribution is -0.135. The molecule has 0 radical (unpaired) electrons. The van der Waals surface area contributed by atoms with Crippen LogP contribution in [0.15, 0.2) is 18.2 Å². The molecule has 0 aliphatic rings. The van der Waals surface area contributed by atoms with Gasteiger partial charge in [0.2, 0.25) is 0 Å². The van der Waals surface area contributed by atoms with Crippen LogP contribution in [0.5, 0.6) is 0 Å². The predicted octanol–water partition coefficient (Wildman–Crippen LogP) is 3.64. The van der Waals surface area contributed by atoms with Gasteiger partial charge in [-0.25, -0.2) is 0 Å². The third kappa shape index (κ3) is 4.58. The maximum atomic E-state index is 11.1. The zero-order valence-electron chi connectivity index (χ0n) is 12.3. The van der Waals surface area contributed by atoms with Gasteiger partial charge in [-0.05, 0) is 30.9 Å². The number of aliphatic carboxylic acids is 1. The molecule has 0 atom stereocenters. The number of carboxylic acid groups (broad SMARTS) is 1. The van der Waals surface area contributed by atoms with Gasteiger partial charge in [-0.1, -0.05) is 44.9 Å². The average molecular weight is 263 g/mol. The van der Waals surface area contributed by atoms with Crippen molar-refractivity contribution in [3.63, 3.8) is 0 Å². The monoisotopic (exact) mass is 263 g/mol. The molecule has 0 saturated heterocycles. The van der Waals surface area contributed by atoms with E-state index in [1.165, 1.54) is 5.56 Å². The quantitative estimate of drug-likeness (QED) is 0.728. The third-order valence-electron chi connectivity index (χ3n) is 3.38. The summed E-state index contributed by atoms with van der Waals surface area (Å²) in [5, 5.41) is 9.11. The van der Waals surface area contributed by atoms with Crippen LogP contribution in [0.2, 0.25) is 0 Å². The molecule has 0 saturated carbocycles. The SMILES string of the molecule is CCCCCN(CC(=O)O)c1c(C)cccc1CC. The molecule has 19 heavy (non-hydrogen) atoms. The zero-order chi connectivity index (χ0) is 14.3. The molecule has 0 spiro atoms. The number of carbonyl (C=O) groups is 1. The molecule has 106 valence electrons. The lowest BCUT2D eigenvalue weighted by Crippen LogP contribution is -2.32. The van der Waals surface area contributed by atoms with Crippen LogP contribution in [0.25, 0.3) is 0 Å². The topological polar surface area (TPSA) is 40.5 Å². The molecule has 1 aromatic rings. The Morgan fingerprint density at radius 2 is 2.00 bits per heavy atom. The van der Waals surface area contributed by atoms with E-state index in [0.29, 0.717) is 0 Å². The van der Waals surface area contributed by atoms with E-state index in [1.54, 1.807) is 0 Å². The smallest absolute Gasteiger partial charge is 0.323 e. The fraction of sp³-hybridized carbons (Fsp3) is 0.562. The summed E-state index contributed by atoms with van der Waals surface area (Å²) >= 11 is 0. The molecule has 0 amide bonds. The Morgan fingerprint density at radius 1 is 1.26 bits per heavy atom. The normalized spacial score (nSPS) is 10.5. The summed E-state index contributed by atoms with van der Waals surface area (Å²) < 4.78 is 0. The van der Waals surface area contributed by atoms with E-state index >= 15 is 0 Å². The summed E-state index contributed by atoms with van der Waals surface area (Å²) in [5.41, 5.74) is 3.51. The highest BCUT2D eigenvalue weighted by molar-refractivity contribution is 5.75. The molecule has 0 aliphatic heterocycles. The average Bonchev–Trinajstić information content (AvgIpc) is 2.37. The Labute approximate surface area is 116 Å². The molecule has 1 N–H and O–H groups in total. The van der Waals surface area contributed by atoms with Crippen LogP contribution in [-0.4, -0.2) is 24.2 Å². The number of aryl methyl sites for hydroxylation is 2. The highest BCUT2D eigenvalue weighted by atomic mass is 16.4. The van der Waals surface area contributed by atoms with E-state index in [2.05, 4.69) is 32.9 Å². The second-order valence-electron chi connectivity index (χ2n) is 4.96. The van der Waals surface area contributed by atoms with Crippen LogP contribution in [0.3, 0.4) is 0 Å². The van der Waals surface area contributed by atoms with Crippen LogP contribution in [0.1, 0.15) is 44.2 Å². The number of carboxylic acids is 1. The number of hydrogen-bond acceptors (Lipinski definition) is 2. The van der Waals surface area contributed by atoms with Crippen molar-refractivity contribution in [1.29, 1.82) is 0 Å². The van der Waals surface area contributed by atoms with Gasteiger partial charge in [0.1, 0.15) is 6.54 Å². The second kappa shape index (κ2) is 7.82. The van der Waals surface area contributed by atoms with Gasteiger partial charge in [0.15, 0.2) is 0 Å². The summed E-state index contributed by atoms with van der Waals surface area (Å²) in [6, 6.07) is 6.20. The van der Waals surface area contributed by atoms with Gasteiger partial charge in [-0.15, -0.1) is 0 Å². The molecule has 0 fully saturated rings. The fourth-order valence-corrected chi connectivity index (χ4v) is 2.44. The maximum Gasteiger partial charge on any atom is 0.323 e. The number of benzene rings is 1. The molecule has 0 unspecified atom stereocenters. The highest BCUT2D eigenvalue weighted by Gasteiger charge is 2.15. The van der Waals surface area contributed by atoms with E-state index in [4.69, 9.17) is 5.11 Å². The van der Waals surface area contributed by atoms with Crippen molar-refractivity contribution >= 4 is 11.7 Å². The minimum atomic E-state index is -0.762. The molecule has 3 nitrogen and oxygen atoms in total. The Balaban J connectivity index is 2.98. The van der Waals surface area contributed by atoms with Crippen molar-refractivity contribution in [1.82, 2.24) is 0 Å². The molecule has 1 aromatic carbocycles. The number of para-hydroxylation sites is 1. The van der Waals surface area contributed by atoms with E-state index in [-0.39, 0.29) is 6.54 Å². The lowest BCUT2D eigenvalue weighted by atomic mass is 10.0. The molecule has 1 rings (SSSR count). The van der Waals surface area contributed by atoms with Gasteiger partial charge in [0.05, 0.1) is 0 Å². The Kier molecular flexibility index (Phi) is 6.40. The first-order valence-corrected chi connectivity index (χ1v) is 7.15. The Morgan fingerprint density at radius 3 is 2.58 bits per heavy atom. The van der Waals surface area contributed by atoms with Crippen LogP contribution in [-0.2, 0) is 11.2 Å². The van der Waals surface area contributed by atoms with Crippen molar-refractivity contribution < 1.29 is 9.90 Å². The van der Waals surface area contributed by atoms with Crippen molar-refractivity contribution in [2.45, 2.75) is 46.5 Å².